The normalized spacial score (nSPS) is 18.1. The van der Waals surface area contributed by atoms with Gasteiger partial charge in [0.1, 0.15) is 0 Å². The lowest BCUT2D eigenvalue weighted by Crippen LogP contribution is -1.92. The molecule has 0 N–H and O–H groups in total. The number of epoxide rings is 1. The van der Waals surface area contributed by atoms with Gasteiger partial charge >= 0.3 is 0 Å². The maximum Gasteiger partial charge on any atom is 0.0850 e. The zero-order chi connectivity index (χ0) is 11.7. The van der Waals surface area contributed by atoms with E-state index in [1.54, 1.807) is 0 Å². The second-order valence-corrected chi connectivity index (χ2v) is 4.58. The second-order valence-electron chi connectivity index (χ2n) is 4.58. The third-order valence-electron chi connectivity index (χ3n) is 3.03. The summed E-state index contributed by atoms with van der Waals surface area (Å²) in [6.45, 7) is 2.97. The van der Waals surface area contributed by atoms with Gasteiger partial charge in [-0.25, -0.2) is 0 Å². The molecule has 2 nitrogen and oxygen atoms in total. The summed E-state index contributed by atoms with van der Waals surface area (Å²) in [7, 11) is 0. The molecular formula is C15H15NO. The third-order valence-corrected chi connectivity index (χ3v) is 3.03. The summed E-state index contributed by atoms with van der Waals surface area (Å²) in [6.07, 6.45) is 3.39. The Bertz CT molecular complexity index is 497. The highest BCUT2D eigenvalue weighted by Gasteiger charge is 2.22. The predicted molar refractivity (Wildman–Crippen MR) is 67.9 cm³/mol. The summed E-state index contributed by atoms with van der Waals surface area (Å²) in [5.41, 5.74) is 4.73. The highest BCUT2D eigenvalue weighted by Crippen LogP contribution is 2.20. The first-order chi connectivity index (χ1) is 8.31. The molecule has 0 saturated carbocycles. The Labute approximate surface area is 101 Å². The summed E-state index contributed by atoms with van der Waals surface area (Å²) in [6, 6.07) is 12.8. The number of ether oxygens (including phenoxy) is 1. The SMILES string of the molecule is Cc1ccc(-c2ccc(CC3CO3)cc2)nc1. The van der Waals surface area contributed by atoms with Crippen molar-refractivity contribution in [1.82, 2.24) is 4.98 Å². The average molecular weight is 225 g/mol. The van der Waals surface area contributed by atoms with E-state index >= 15 is 0 Å². The number of aromatic nitrogens is 1. The van der Waals surface area contributed by atoms with Crippen molar-refractivity contribution in [2.45, 2.75) is 19.4 Å². The molecule has 17 heavy (non-hydrogen) atoms. The third kappa shape index (κ3) is 2.53. The van der Waals surface area contributed by atoms with Gasteiger partial charge in [0.15, 0.2) is 0 Å². The maximum atomic E-state index is 5.23. The van der Waals surface area contributed by atoms with E-state index in [0.717, 1.165) is 18.7 Å². The molecule has 86 valence electrons. The number of hydrogen-bond donors (Lipinski definition) is 0. The minimum absolute atomic E-state index is 0.457. The van der Waals surface area contributed by atoms with Gasteiger partial charge in [0.05, 0.1) is 18.4 Å². The van der Waals surface area contributed by atoms with Gasteiger partial charge in [-0.2, -0.15) is 0 Å². The fourth-order valence-corrected chi connectivity index (χ4v) is 1.90. The first kappa shape index (κ1) is 10.5. The summed E-state index contributed by atoms with van der Waals surface area (Å²) in [5, 5.41) is 0. The van der Waals surface area contributed by atoms with Crippen LogP contribution in [0.3, 0.4) is 0 Å². The molecule has 0 aliphatic carbocycles. The van der Waals surface area contributed by atoms with Crippen LogP contribution in [0.2, 0.25) is 0 Å². The van der Waals surface area contributed by atoms with Crippen LogP contribution in [0, 0.1) is 6.92 Å². The van der Waals surface area contributed by atoms with Gasteiger partial charge < -0.3 is 4.74 Å². The summed E-state index contributed by atoms with van der Waals surface area (Å²) in [5.74, 6) is 0. The summed E-state index contributed by atoms with van der Waals surface area (Å²) in [4.78, 5) is 4.43. The van der Waals surface area contributed by atoms with Crippen molar-refractivity contribution in [2.75, 3.05) is 6.61 Å². The van der Waals surface area contributed by atoms with Crippen molar-refractivity contribution in [3.8, 4) is 11.3 Å². The minimum atomic E-state index is 0.457. The Balaban J connectivity index is 1.80. The number of benzene rings is 1. The van der Waals surface area contributed by atoms with E-state index in [-0.39, 0.29) is 0 Å². The summed E-state index contributed by atoms with van der Waals surface area (Å²) < 4.78 is 5.23. The van der Waals surface area contributed by atoms with Gasteiger partial charge in [-0.15, -0.1) is 0 Å². The molecule has 1 aliphatic rings. The highest BCUT2D eigenvalue weighted by atomic mass is 16.6. The van der Waals surface area contributed by atoms with Crippen molar-refractivity contribution in [2.24, 2.45) is 0 Å². The van der Waals surface area contributed by atoms with Gasteiger partial charge in [-0.05, 0) is 24.1 Å². The molecule has 3 rings (SSSR count). The van der Waals surface area contributed by atoms with Crippen LogP contribution in [0.15, 0.2) is 42.6 Å². The van der Waals surface area contributed by atoms with Crippen molar-refractivity contribution in [3.05, 3.63) is 53.7 Å². The van der Waals surface area contributed by atoms with Crippen LogP contribution in [-0.4, -0.2) is 17.7 Å². The van der Waals surface area contributed by atoms with E-state index in [1.165, 1.54) is 16.7 Å². The molecule has 2 aromatic rings. The molecule has 1 aromatic heterocycles. The molecule has 1 aliphatic heterocycles. The topological polar surface area (TPSA) is 25.4 Å². The van der Waals surface area contributed by atoms with Gasteiger partial charge in [-0.1, -0.05) is 30.3 Å². The van der Waals surface area contributed by atoms with Crippen LogP contribution in [0.25, 0.3) is 11.3 Å². The predicted octanol–water partition coefficient (Wildman–Crippen LogP) is 3.00. The molecule has 1 aromatic carbocycles. The smallest absolute Gasteiger partial charge is 0.0850 e. The largest absolute Gasteiger partial charge is 0.373 e. The first-order valence-corrected chi connectivity index (χ1v) is 5.95. The van der Waals surface area contributed by atoms with Crippen LogP contribution >= 0.6 is 0 Å². The Hall–Kier alpha value is -1.67. The number of rotatable bonds is 3. The Morgan fingerprint density at radius 1 is 1.18 bits per heavy atom. The van der Waals surface area contributed by atoms with Crippen molar-refractivity contribution in [3.63, 3.8) is 0 Å². The zero-order valence-corrected chi connectivity index (χ0v) is 9.89. The lowest BCUT2D eigenvalue weighted by atomic mass is 10.1. The summed E-state index contributed by atoms with van der Waals surface area (Å²) >= 11 is 0. The van der Waals surface area contributed by atoms with E-state index in [4.69, 9.17) is 4.74 Å². The molecule has 0 radical (unpaired) electrons. The van der Waals surface area contributed by atoms with Gasteiger partial charge in [0.2, 0.25) is 0 Å². The van der Waals surface area contributed by atoms with Crippen LogP contribution in [0.4, 0.5) is 0 Å². The van der Waals surface area contributed by atoms with E-state index in [1.807, 2.05) is 6.20 Å². The van der Waals surface area contributed by atoms with Crippen molar-refractivity contribution < 1.29 is 4.74 Å². The Morgan fingerprint density at radius 2 is 1.94 bits per heavy atom. The van der Waals surface area contributed by atoms with Gasteiger partial charge in [0.25, 0.3) is 0 Å². The molecule has 0 spiro atoms. The molecule has 2 heterocycles. The Morgan fingerprint density at radius 3 is 2.53 bits per heavy atom. The Kier molecular flexibility index (Phi) is 2.65. The number of aryl methyl sites for hydroxylation is 1. The standard InChI is InChI=1S/C15H15NO/c1-11-2-7-15(16-9-11)13-5-3-12(4-6-13)8-14-10-17-14/h2-7,9,14H,8,10H2,1H3. The fourth-order valence-electron chi connectivity index (χ4n) is 1.90. The molecule has 0 amide bonds. The molecule has 2 heteroatoms. The quantitative estimate of drug-likeness (QED) is 0.750. The molecular weight excluding hydrogens is 210 g/mol. The van der Waals surface area contributed by atoms with Crippen molar-refractivity contribution in [1.29, 1.82) is 0 Å². The zero-order valence-electron chi connectivity index (χ0n) is 9.89. The van der Waals surface area contributed by atoms with Crippen LogP contribution in [0.5, 0.6) is 0 Å². The van der Waals surface area contributed by atoms with E-state index in [0.29, 0.717) is 6.10 Å². The molecule has 1 atom stereocenters. The van der Waals surface area contributed by atoms with E-state index in [2.05, 4.69) is 48.3 Å². The van der Waals surface area contributed by atoms with Gasteiger partial charge in [0, 0.05) is 18.2 Å². The molecule has 1 saturated heterocycles. The number of nitrogens with zero attached hydrogens (tertiary/aromatic N) is 1. The highest BCUT2D eigenvalue weighted by molar-refractivity contribution is 5.59. The van der Waals surface area contributed by atoms with E-state index in [9.17, 15) is 0 Å². The van der Waals surface area contributed by atoms with Crippen LogP contribution in [-0.2, 0) is 11.2 Å². The van der Waals surface area contributed by atoms with E-state index < -0.39 is 0 Å². The first-order valence-electron chi connectivity index (χ1n) is 5.95. The second kappa shape index (κ2) is 4.30. The number of pyridine rings is 1. The van der Waals surface area contributed by atoms with Gasteiger partial charge in [-0.3, -0.25) is 4.98 Å². The maximum absolute atomic E-state index is 5.23. The monoisotopic (exact) mass is 225 g/mol. The molecule has 0 bridgehead atoms. The molecule has 1 fully saturated rings. The lowest BCUT2D eigenvalue weighted by Gasteiger charge is -2.03. The fraction of sp³-hybridized carbons (Fsp3) is 0.267. The lowest BCUT2D eigenvalue weighted by molar-refractivity contribution is 0.407. The van der Waals surface area contributed by atoms with Crippen molar-refractivity contribution >= 4 is 0 Å². The average Bonchev–Trinajstić information content (AvgIpc) is 3.15. The minimum Gasteiger partial charge on any atom is -0.373 e. The van der Waals surface area contributed by atoms with Crippen LogP contribution in [0.1, 0.15) is 11.1 Å². The molecule has 1 unspecified atom stereocenters. The van der Waals surface area contributed by atoms with Crippen LogP contribution < -0.4 is 0 Å². The number of hydrogen-bond acceptors (Lipinski definition) is 2.